The molecule has 86 valence electrons. The monoisotopic (exact) mass is 291 g/mol. The summed E-state index contributed by atoms with van der Waals surface area (Å²) in [6.45, 7) is 2.35. The summed E-state index contributed by atoms with van der Waals surface area (Å²) in [6.07, 6.45) is 1.68. The summed E-state index contributed by atoms with van der Waals surface area (Å²) in [6, 6.07) is 7.54. The third-order valence-electron chi connectivity index (χ3n) is 2.14. The number of anilines is 1. The fourth-order valence-corrected chi connectivity index (χ4v) is 1.91. The summed E-state index contributed by atoms with van der Waals surface area (Å²) in [5, 5.41) is 12.0. The number of nitriles is 1. The predicted octanol–water partition coefficient (Wildman–Crippen LogP) is 3.23. The molecule has 1 heterocycles. The zero-order valence-electron chi connectivity index (χ0n) is 9.20. The van der Waals surface area contributed by atoms with Crippen LogP contribution in [0.15, 0.2) is 33.3 Å². The highest BCUT2D eigenvalue weighted by atomic mass is 79.9. The minimum absolute atomic E-state index is 0.495. The average Bonchev–Trinajstić information content (AvgIpc) is 2.72. The number of hydrogen-bond donors (Lipinski definition) is 1. The average molecular weight is 292 g/mol. The van der Waals surface area contributed by atoms with E-state index in [1.165, 1.54) is 0 Å². The number of rotatable bonds is 3. The van der Waals surface area contributed by atoms with E-state index in [9.17, 15) is 0 Å². The Kier molecular flexibility index (Phi) is 3.45. The van der Waals surface area contributed by atoms with Crippen molar-refractivity contribution in [3.8, 4) is 6.07 Å². The van der Waals surface area contributed by atoms with Crippen LogP contribution in [0.1, 0.15) is 17.2 Å². The molecule has 5 heteroatoms. The molecule has 1 aromatic heterocycles. The van der Waals surface area contributed by atoms with E-state index in [0.29, 0.717) is 18.0 Å². The molecule has 2 rings (SSSR count). The van der Waals surface area contributed by atoms with Crippen molar-refractivity contribution in [1.29, 1.82) is 5.26 Å². The largest absolute Gasteiger partial charge is 0.444 e. The SMILES string of the molecule is Cc1cnc(CNc2cc(Br)cc(C#N)c2)o1. The van der Waals surface area contributed by atoms with E-state index in [1.54, 1.807) is 18.3 Å². The van der Waals surface area contributed by atoms with Crippen molar-refractivity contribution < 1.29 is 4.42 Å². The second-order valence-electron chi connectivity index (χ2n) is 3.56. The van der Waals surface area contributed by atoms with E-state index in [-0.39, 0.29) is 0 Å². The molecular formula is C12H10BrN3O. The summed E-state index contributed by atoms with van der Waals surface area (Å²) in [5.74, 6) is 1.41. The van der Waals surface area contributed by atoms with Gasteiger partial charge < -0.3 is 9.73 Å². The van der Waals surface area contributed by atoms with Crippen LogP contribution in [0.4, 0.5) is 5.69 Å². The molecule has 0 atom stereocenters. The molecule has 0 aliphatic rings. The van der Waals surface area contributed by atoms with Gasteiger partial charge in [0.1, 0.15) is 5.76 Å². The van der Waals surface area contributed by atoms with Gasteiger partial charge in [0.2, 0.25) is 5.89 Å². The Balaban J connectivity index is 2.09. The number of nitrogens with one attached hydrogen (secondary N) is 1. The van der Waals surface area contributed by atoms with Gasteiger partial charge >= 0.3 is 0 Å². The van der Waals surface area contributed by atoms with Crippen molar-refractivity contribution in [3.63, 3.8) is 0 Å². The van der Waals surface area contributed by atoms with Gasteiger partial charge in [-0.1, -0.05) is 15.9 Å². The Hall–Kier alpha value is -1.80. The highest BCUT2D eigenvalue weighted by Crippen LogP contribution is 2.19. The molecule has 4 nitrogen and oxygen atoms in total. The maximum atomic E-state index is 8.85. The van der Waals surface area contributed by atoms with E-state index in [4.69, 9.17) is 9.68 Å². The van der Waals surface area contributed by atoms with Crippen LogP contribution in [0.5, 0.6) is 0 Å². The first-order chi connectivity index (χ1) is 8.17. The van der Waals surface area contributed by atoms with Gasteiger partial charge in [-0.15, -0.1) is 0 Å². The number of oxazole rings is 1. The van der Waals surface area contributed by atoms with E-state index >= 15 is 0 Å². The lowest BCUT2D eigenvalue weighted by Crippen LogP contribution is -1.99. The standard InChI is InChI=1S/C12H10BrN3O/c1-8-6-16-12(17-8)7-15-11-3-9(5-14)2-10(13)4-11/h2-4,6,15H,7H2,1H3. The van der Waals surface area contributed by atoms with Gasteiger partial charge in [-0.3, -0.25) is 0 Å². The van der Waals surface area contributed by atoms with Gasteiger partial charge in [0, 0.05) is 10.2 Å². The Morgan fingerprint density at radius 1 is 1.47 bits per heavy atom. The van der Waals surface area contributed by atoms with Crippen molar-refractivity contribution >= 4 is 21.6 Å². The van der Waals surface area contributed by atoms with Crippen molar-refractivity contribution in [3.05, 3.63) is 46.1 Å². The molecule has 17 heavy (non-hydrogen) atoms. The van der Waals surface area contributed by atoms with E-state index in [2.05, 4.69) is 32.3 Å². The molecule has 1 N–H and O–H groups in total. The van der Waals surface area contributed by atoms with Gasteiger partial charge in [0.05, 0.1) is 24.4 Å². The lowest BCUT2D eigenvalue weighted by atomic mass is 10.2. The van der Waals surface area contributed by atoms with Gasteiger partial charge in [0.25, 0.3) is 0 Å². The molecular weight excluding hydrogens is 282 g/mol. The first-order valence-corrected chi connectivity index (χ1v) is 5.82. The van der Waals surface area contributed by atoms with Crippen LogP contribution in [0.25, 0.3) is 0 Å². The van der Waals surface area contributed by atoms with Crippen molar-refractivity contribution in [2.75, 3.05) is 5.32 Å². The number of halogens is 1. The topological polar surface area (TPSA) is 61.9 Å². The smallest absolute Gasteiger partial charge is 0.213 e. The molecule has 0 spiro atoms. The molecule has 0 saturated carbocycles. The summed E-state index contributed by atoms with van der Waals surface area (Å²) in [5.41, 5.74) is 1.46. The summed E-state index contributed by atoms with van der Waals surface area (Å²) in [7, 11) is 0. The molecule has 0 aliphatic heterocycles. The van der Waals surface area contributed by atoms with E-state index < -0.39 is 0 Å². The number of hydrogen-bond acceptors (Lipinski definition) is 4. The third kappa shape index (κ3) is 3.08. The Morgan fingerprint density at radius 2 is 2.29 bits per heavy atom. The van der Waals surface area contributed by atoms with Gasteiger partial charge in [-0.2, -0.15) is 5.26 Å². The van der Waals surface area contributed by atoms with Crippen LogP contribution in [-0.2, 0) is 6.54 Å². The predicted molar refractivity (Wildman–Crippen MR) is 67.4 cm³/mol. The zero-order chi connectivity index (χ0) is 12.3. The van der Waals surface area contributed by atoms with Crippen LogP contribution >= 0.6 is 15.9 Å². The number of aromatic nitrogens is 1. The normalized spacial score (nSPS) is 9.94. The first kappa shape index (κ1) is 11.7. The van der Waals surface area contributed by atoms with Gasteiger partial charge in [-0.25, -0.2) is 4.98 Å². The van der Waals surface area contributed by atoms with Crippen LogP contribution in [-0.4, -0.2) is 4.98 Å². The van der Waals surface area contributed by atoms with Crippen LogP contribution in [0, 0.1) is 18.3 Å². The molecule has 0 unspecified atom stereocenters. The number of nitrogens with zero attached hydrogens (tertiary/aromatic N) is 2. The molecule has 0 saturated heterocycles. The lowest BCUT2D eigenvalue weighted by molar-refractivity contribution is 0.479. The lowest BCUT2D eigenvalue weighted by Gasteiger charge is -2.04. The van der Waals surface area contributed by atoms with Crippen LogP contribution in [0.3, 0.4) is 0 Å². The van der Waals surface area contributed by atoms with Crippen molar-refractivity contribution in [1.82, 2.24) is 4.98 Å². The highest BCUT2D eigenvalue weighted by molar-refractivity contribution is 9.10. The maximum absolute atomic E-state index is 8.85. The van der Waals surface area contributed by atoms with E-state index in [0.717, 1.165) is 15.9 Å². The summed E-state index contributed by atoms with van der Waals surface area (Å²) < 4.78 is 6.21. The fraction of sp³-hybridized carbons (Fsp3) is 0.167. The van der Waals surface area contributed by atoms with Crippen molar-refractivity contribution in [2.24, 2.45) is 0 Å². The molecule has 2 aromatic rings. The molecule has 0 amide bonds. The maximum Gasteiger partial charge on any atom is 0.213 e. The molecule has 0 bridgehead atoms. The first-order valence-electron chi connectivity index (χ1n) is 5.03. The van der Waals surface area contributed by atoms with Crippen LogP contribution in [0.2, 0.25) is 0 Å². The second-order valence-corrected chi connectivity index (χ2v) is 4.47. The van der Waals surface area contributed by atoms with Crippen molar-refractivity contribution in [2.45, 2.75) is 13.5 Å². The number of benzene rings is 1. The number of aryl methyl sites for hydroxylation is 1. The minimum Gasteiger partial charge on any atom is -0.444 e. The van der Waals surface area contributed by atoms with Gasteiger partial charge in [-0.05, 0) is 25.1 Å². The highest BCUT2D eigenvalue weighted by Gasteiger charge is 2.02. The molecule has 0 fully saturated rings. The third-order valence-corrected chi connectivity index (χ3v) is 2.60. The fourth-order valence-electron chi connectivity index (χ4n) is 1.42. The minimum atomic E-state index is 0.495. The molecule has 1 aromatic carbocycles. The summed E-state index contributed by atoms with van der Waals surface area (Å²) in [4.78, 5) is 4.09. The van der Waals surface area contributed by atoms with Crippen LogP contribution < -0.4 is 5.32 Å². The molecule has 0 radical (unpaired) electrons. The zero-order valence-corrected chi connectivity index (χ0v) is 10.8. The summed E-state index contributed by atoms with van der Waals surface area (Å²) >= 11 is 3.35. The Labute approximate surface area is 107 Å². The Morgan fingerprint density at radius 3 is 2.94 bits per heavy atom. The molecule has 0 aliphatic carbocycles. The quantitative estimate of drug-likeness (QED) is 0.943. The van der Waals surface area contributed by atoms with E-state index in [1.807, 2.05) is 13.0 Å². The van der Waals surface area contributed by atoms with Gasteiger partial charge in [0.15, 0.2) is 0 Å². The Bertz CT molecular complexity index is 571. The second kappa shape index (κ2) is 5.02.